The Bertz CT molecular complexity index is 637. The second-order valence-electron chi connectivity index (χ2n) is 5.43. The van der Waals surface area contributed by atoms with Crippen LogP contribution in [0.15, 0.2) is 48.1 Å². The van der Waals surface area contributed by atoms with Crippen LogP contribution in [-0.4, -0.2) is 12.4 Å². The van der Waals surface area contributed by atoms with Crippen molar-refractivity contribution in [3.63, 3.8) is 0 Å². The van der Waals surface area contributed by atoms with E-state index in [0.29, 0.717) is 11.1 Å². The largest absolute Gasteiger partial charge is 0.407 e. The molecule has 0 aliphatic carbocycles. The fourth-order valence-electron chi connectivity index (χ4n) is 2.28. The Morgan fingerprint density at radius 2 is 1.54 bits per heavy atom. The first-order valence-corrected chi connectivity index (χ1v) is 6.96. The minimum Gasteiger partial charge on any atom is -0.170 e. The lowest BCUT2D eigenvalue weighted by molar-refractivity contribution is -0.302. The van der Waals surface area contributed by atoms with Gasteiger partial charge in [0.1, 0.15) is 0 Å². The molecule has 130 valence electrons. The summed E-state index contributed by atoms with van der Waals surface area (Å²) in [7, 11) is 0. The number of halogens is 6. The lowest BCUT2D eigenvalue weighted by Crippen LogP contribution is -2.53. The van der Waals surface area contributed by atoms with Crippen LogP contribution in [0.5, 0.6) is 0 Å². The molecule has 0 spiro atoms. The van der Waals surface area contributed by atoms with E-state index < -0.39 is 29.8 Å². The molecular weight excluding hydrogens is 330 g/mol. The molecule has 24 heavy (non-hydrogen) atoms. The first kappa shape index (κ1) is 19.9. The number of hydrogen-bond acceptors (Lipinski definition) is 0. The second kappa shape index (κ2) is 7.16. The smallest absolute Gasteiger partial charge is 0.170 e. The molecule has 0 N–H and O–H groups in total. The molecule has 0 aliphatic rings. The van der Waals surface area contributed by atoms with Crippen LogP contribution in [0.3, 0.4) is 0 Å². The third kappa shape index (κ3) is 4.02. The number of benzene rings is 1. The fraction of sp³-hybridized carbons (Fsp3) is 0.333. The van der Waals surface area contributed by atoms with E-state index in [2.05, 4.69) is 5.92 Å². The topological polar surface area (TPSA) is 0 Å². The van der Waals surface area contributed by atoms with Gasteiger partial charge in [-0.1, -0.05) is 47.9 Å². The van der Waals surface area contributed by atoms with Gasteiger partial charge in [-0.3, -0.25) is 0 Å². The van der Waals surface area contributed by atoms with E-state index in [1.807, 2.05) is 0 Å². The molecule has 0 aromatic heterocycles. The summed E-state index contributed by atoms with van der Waals surface area (Å²) in [5.41, 5.74) is -3.85. The predicted molar refractivity (Wildman–Crippen MR) is 81.3 cm³/mol. The van der Waals surface area contributed by atoms with Crippen molar-refractivity contribution in [1.29, 1.82) is 0 Å². The van der Waals surface area contributed by atoms with Crippen molar-refractivity contribution in [2.45, 2.75) is 38.0 Å². The van der Waals surface area contributed by atoms with Gasteiger partial charge in [0.15, 0.2) is 5.41 Å². The molecule has 0 saturated heterocycles. The third-order valence-electron chi connectivity index (χ3n) is 3.63. The molecule has 0 unspecified atom stereocenters. The molecule has 0 amide bonds. The fourth-order valence-corrected chi connectivity index (χ4v) is 2.28. The number of hydrogen-bond donors (Lipinski definition) is 0. The van der Waals surface area contributed by atoms with E-state index >= 15 is 0 Å². The predicted octanol–water partition coefficient (Wildman–Crippen LogP) is 5.88. The van der Waals surface area contributed by atoms with Crippen LogP contribution in [0.25, 0.3) is 0 Å². The molecule has 0 radical (unpaired) electrons. The van der Waals surface area contributed by atoms with Crippen LogP contribution in [0.1, 0.15) is 24.5 Å². The molecule has 0 saturated carbocycles. The Hall–Kier alpha value is -2.16. The zero-order valence-corrected chi connectivity index (χ0v) is 13.1. The summed E-state index contributed by atoms with van der Waals surface area (Å²) < 4.78 is 81.2. The van der Waals surface area contributed by atoms with Crippen molar-refractivity contribution in [2.24, 2.45) is 0 Å². The zero-order valence-electron chi connectivity index (χ0n) is 13.1. The van der Waals surface area contributed by atoms with Gasteiger partial charge in [-0.25, -0.2) is 0 Å². The van der Waals surface area contributed by atoms with Gasteiger partial charge in [0, 0.05) is 0 Å². The monoisotopic (exact) mass is 346 g/mol. The van der Waals surface area contributed by atoms with Crippen molar-refractivity contribution in [3.8, 4) is 12.3 Å². The van der Waals surface area contributed by atoms with E-state index in [1.165, 1.54) is 25.1 Å². The maximum atomic E-state index is 13.5. The van der Waals surface area contributed by atoms with E-state index in [0.717, 1.165) is 24.3 Å². The first-order valence-electron chi connectivity index (χ1n) is 6.96. The molecule has 0 atom stereocenters. The standard InChI is InChI=1S/C18H16F6/c1-4-6-13(2)7-5-12-16(17(19,20)21,18(22,23)24)15-10-8-14(3)9-11-15/h1,5-11H,12H2,2-3H3/b7-5-,13-6-. The molecule has 0 bridgehead atoms. The van der Waals surface area contributed by atoms with Crippen molar-refractivity contribution in [1.82, 2.24) is 0 Å². The van der Waals surface area contributed by atoms with Gasteiger partial charge in [-0.2, -0.15) is 26.3 Å². The highest BCUT2D eigenvalue weighted by molar-refractivity contribution is 5.34. The van der Waals surface area contributed by atoms with Crippen LogP contribution in [0.2, 0.25) is 0 Å². The maximum Gasteiger partial charge on any atom is 0.407 e. The summed E-state index contributed by atoms with van der Waals surface area (Å²) in [6.45, 7) is 3.08. The normalized spacial score (nSPS) is 14.0. The van der Waals surface area contributed by atoms with Crippen molar-refractivity contribution >= 4 is 0 Å². The average molecular weight is 346 g/mol. The van der Waals surface area contributed by atoms with Gasteiger partial charge < -0.3 is 0 Å². The third-order valence-corrected chi connectivity index (χ3v) is 3.63. The summed E-state index contributed by atoms with van der Waals surface area (Å²) in [6.07, 6.45) is -4.01. The lowest BCUT2D eigenvalue weighted by atomic mass is 9.75. The van der Waals surface area contributed by atoms with Crippen LogP contribution >= 0.6 is 0 Å². The van der Waals surface area contributed by atoms with Gasteiger partial charge >= 0.3 is 12.4 Å². The average Bonchev–Trinajstić information content (AvgIpc) is 2.42. The number of allylic oxidation sites excluding steroid dienone is 4. The SMILES string of the molecule is C#C/C=C(C)\C=C/CC(c1ccc(C)cc1)(C(F)(F)F)C(F)(F)F. The second-order valence-corrected chi connectivity index (χ2v) is 5.43. The molecule has 1 rings (SSSR count). The Morgan fingerprint density at radius 1 is 1.04 bits per heavy atom. The van der Waals surface area contributed by atoms with E-state index in [4.69, 9.17) is 6.42 Å². The van der Waals surface area contributed by atoms with Crippen molar-refractivity contribution < 1.29 is 26.3 Å². The number of alkyl halides is 6. The van der Waals surface area contributed by atoms with Crippen LogP contribution in [-0.2, 0) is 5.41 Å². The molecule has 0 fully saturated rings. The van der Waals surface area contributed by atoms with Gasteiger partial charge in [0.25, 0.3) is 0 Å². The first-order chi connectivity index (χ1) is 11.0. The van der Waals surface area contributed by atoms with E-state index in [1.54, 1.807) is 6.92 Å². The summed E-state index contributed by atoms with van der Waals surface area (Å²) in [6, 6.07) is 4.20. The molecule has 0 heterocycles. The summed E-state index contributed by atoms with van der Waals surface area (Å²) in [5.74, 6) is 2.16. The minimum absolute atomic E-state index is 0.389. The molecule has 0 aliphatic heterocycles. The van der Waals surface area contributed by atoms with Gasteiger partial charge in [0.2, 0.25) is 0 Å². The Morgan fingerprint density at radius 3 is 1.96 bits per heavy atom. The number of aryl methyl sites for hydroxylation is 1. The summed E-state index contributed by atoms with van der Waals surface area (Å²) >= 11 is 0. The van der Waals surface area contributed by atoms with E-state index in [-0.39, 0.29) is 0 Å². The Kier molecular flexibility index (Phi) is 5.94. The molecule has 0 nitrogen and oxygen atoms in total. The molecule has 1 aromatic rings. The highest BCUT2D eigenvalue weighted by Gasteiger charge is 2.70. The minimum atomic E-state index is -5.51. The number of rotatable bonds is 4. The van der Waals surface area contributed by atoms with Gasteiger partial charge in [-0.05, 0) is 37.5 Å². The lowest BCUT2D eigenvalue weighted by Gasteiger charge is -2.37. The molecule has 1 aromatic carbocycles. The summed E-state index contributed by atoms with van der Waals surface area (Å²) in [4.78, 5) is 0. The summed E-state index contributed by atoms with van der Waals surface area (Å²) in [5, 5.41) is 0. The van der Waals surface area contributed by atoms with Crippen LogP contribution in [0, 0.1) is 19.3 Å². The highest BCUT2D eigenvalue weighted by atomic mass is 19.4. The van der Waals surface area contributed by atoms with Crippen LogP contribution in [0.4, 0.5) is 26.3 Å². The Balaban J connectivity index is 3.48. The highest BCUT2D eigenvalue weighted by Crippen LogP contribution is 2.54. The van der Waals surface area contributed by atoms with Gasteiger partial charge in [-0.15, -0.1) is 6.42 Å². The quantitative estimate of drug-likeness (QED) is 0.363. The van der Waals surface area contributed by atoms with E-state index in [9.17, 15) is 26.3 Å². The van der Waals surface area contributed by atoms with Crippen LogP contribution < -0.4 is 0 Å². The Labute approximate surface area is 136 Å². The van der Waals surface area contributed by atoms with Gasteiger partial charge in [0.05, 0.1) is 0 Å². The molecule has 6 heteroatoms. The number of terminal acetylenes is 1. The zero-order chi connectivity index (χ0) is 18.6. The van der Waals surface area contributed by atoms with Crippen molar-refractivity contribution in [3.05, 3.63) is 59.2 Å². The van der Waals surface area contributed by atoms with Crippen molar-refractivity contribution in [2.75, 3.05) is 0 Å². The maximum absolute atomic E-state index is 13.5. The molecular formula is C18H16F6.